The summed E-state index contributed by atoms with van der Waals surface area (Å²) in [5, 5.41) is 55.5. The molecule has 0 spiro atoms. The van der Waals surface area contributed by atoms with E-state index < -0.39 is 33.6 Å². The van der Waals surface area contributed by atoms with Crippen molar-refractivity contribution in [3.8, 4) is 36.1 Å². The Labute approximate surface area is 124 Å². The van der Waals surface area contributed by atoms with Crippen LogP contribution in [0.15, 0.2) is 0 Å². The van der Waals surface area contributed by atoms with Crippen LogP contribution < -0.4 is 34.7 Å². The maximum Gasteiger partial charge on any atom is 1.00 e. The number of rotatable bonds is 0. The minimum Gasteiger partial charge on any atom is -0.871 e. The van der Waals surface area contributed by atoms with E-state index in [0.29, 0.717) is 0 Å². The van der Waals surface area contributed by atoms with Crippen LogP contribution in [0.2, 0.25) is 0 Å². The monoisotopic (exact) mass is 241 g/mol. The van der Waals surface area contributed by atoms with Crippen LogP contribution in [0.5, 0.6) is 5.75 Å². The van der Waals surface area contributed by atoms with Crippen molar-refractivity contribution in [2.24, 2.45) is 0 Å². The SMILES string of the molecule is N#Cc1c([O-])c(C#N)c(C#N)c(C#N)c1C#N.[Na+]. The molecule has 6 nitrogen and oxygen atoms in total. The van der Waals surface area contributed by atoms with Gasteiger partial charge in [0.05, 0.1) is 40.0 Å². The molecular formula is C11N5NaO. The Morgan fingerprint density at radius 1 is 0.556 bits per heavy atom. The number of hydrogen-bond acceptors (Lipinski definition) is 6. The zero-order chi connectivity index (χ0) is 13.0. The van der Waals surface area contributed by atoms with E-state index in [0.717, 1.165) is 0 Å². The molecule has 18 heavy (non-hydrogen) atoms. The van der Waals surface area contributed by atoms with Gasteiger partial charge in [-0.3, -0.25) is 0 Å². The van der Waals surface area contributed by atoms with Gasteiger partial charge in [-0.25, -0.2) is 0 Å². The van der Waals surface area contributed by atoms with Gasteiger partial charge < -0.3 is 5.11 Å². The van der Waals surface area contributed by atoms with E-state index in [1.807, 2.05) is 0 Å². The van der Waals surface area contributed by atoms with Crippen LogP contribution in [0.3, 0.4) is 0 Å². The van der Waals surface area contributed by atoms with Gasteiger partial charge in [0.2, 0.25) is 0 Å². The quantitative estimate of drug-likeness (QED) is 0.446. The molecule has 7 heteroatoms. The summed E-state index contributed by atoms with van der Waals surface area (Å²) in [6.07, 6.45) is 0. The first-order valence-electron chi connectivity index (χ1n) is 4.07. The first-order valence-corrected chi connectivity index (χ1v) is 4.07. The molecule has 0 heterocycles. The van der Waals surface area contributed by atoms with Crippen molar-refractivity contribution in [3.05, 3.63) is 27.8 Å². The van der Waals surface area contributed by atoms with Crippen molar-refractivity contribution in [2.75, 3.05) is 0 Å². The number of benzene rings is 1. The molecule has 0 fully saturated rings. The topological polar surface area (TPSA) is 142 Å². The van der Waals surface area contributed by atoms with Gasteiger partial charge in [0.15, 0.2) is 0 Å². The Bertz CT molecular complexity index is 666. The number of nitriles is 5. The Kier molecular flexibility index (Phi) is 5.39. The van der Waals surface area contributed by atoms with E-state index in [-0.39, 0.29) is 29.6 Å². The van der Waals surface area contributed by atoms with Crippen molar-refractivity contribution in [1.82, 2.24) is 0 Å². The number of hydrogen-bond donors (Lipinski definition) is 0. The molecule has 0 aliphatic carbocycles. The summed E-state index contributed by atoms with van der Waals surface area (Å²) in [7, 11) is 0. The van der Waals surface area contributed by atoms with E-state index in [1.165, 1.54) is 24.3 Å². The average molecular weight is 241 g/mol. The minimum absolute atomic E-state index is 0. The summed E-state index contributed by atoms with van der Waals surface area (Å²) >= 11 is 0. The van der Waals surface area contributed by atoms with E-state index in [2.05, 4.69) is 0 Å². The van der Waals surface area contributed by atoms with Gasteiger partial charge >= 0.3 is 29.6 Å². The molecule has 0 bridgehead atoms. The standard InChI is InChI=1S/C11HN5O.Na/c12-1-6-7(2-13)9(4-15)11(17)10(5-16)8(6)3-14;/h17H;/q;+1/p-1. The van der Waals surface area contributed by atoms with E-state index >= 15 is 0 Å². The van der Waals surface area contributed by atoms with Crippen molar-refractivity contribution in [3.63, 3.8) is 0 Å². The molecule has 0 N–H and O–H groups in total. The van der Waals surface area contributed by atoms with Gasteiger partial charge in [0.25, 0.3) is 0 Å². The Morgan fingerprint density at radius 3 is 1.00 bits per heavy atom. The predicted molar refractivity (Wildman–Crippen MR) is 49.5 cm³/mol. The largest absolute Gasteiger partial charge is 1.00 e. The van der Waals surface area contributed by atoms with Gasteiger partial charge in [0.1, 0.15) is 18.2 Å². The van der Waals surface area contributed by atoms with Gasteiger partial charge in [-0.05, 0) is 0 Å². The van der Waals surface area contributed by atoms with Crippen LogP contribution in [0.25, 0.3) is 0 Å². The second-order valence-corrected chi connectivity index (χ2v) is 2.76. The van der Waals surface area contributed by atoms with Crippen LogP contribution in [0.4, 0.5) is 0 Å². The maximum absolute atomic E-state index is 11.6. The zero-order valence-corrected chi connectivity index (χ0v) is 11.1. The van der Waals surface area contributed by atoms with E-state index in [4.69, 9.17) is 26.3 Å². The van der Waals surface area contributed by atoms with E-state index in [1.54, 1.807) is 6.07 Å². The van der Waals surface area contributed by atoms with Crippen LogP contribution in [-0.4, -0.2) is 0 Å². The fourth-order valence-corrected chi connectivity index (χ4v) is 1.28. The molecule has 0 unspecified atom stereocenters. The first kappa shape index (κ1) is 15.5. The van der Waals surface area contributed by atoms with Crippen LogP contribution >= 0.6 is 0 Å². The Hall–Kier alpha value is -2.53. The van der Waals surface area contributed by atoms with Crippen molar-refractivity contribution in [2.45, 2.75) is 0 Å². The van der Waals surface area contributed by atoms with Gasteiger partial charge in [0, 0.05) is 0 Å². The maximum atomic E-state index is 11.6. The molecule has 0 aliphatic heterocycles. The summed E-state index contributed by atoms with van der Waals surface area (Å²) in [6, 6.07) is 7.55. The molecule has 1 aromatic rings. The van der Waals surface area contributed by atoms with Crippen molar-refractivity contribution in [1.29, 1.82) is 26.3 Å². The summed E-state index contributed by atoms with van der Waals surface area (Å²) < 4.78 is 0. The molecule has 1 rings (SSSR count). The third-order valence-corrected chi connectivity index (χ3v) is 2.01. The van der Waals surface area contributed by atoms with Gasteiger partial charge in [-0.15, -0.1) is 0 Å². The number of nitrogens with zero attached hydrogens (tertiary/aromatic N) is 5. The average Bonchev–Trinajstić information content (AvgIpc) is 2.36. The molecule has 0 saturated heterocycles. The zero-order valence-electron chi connectivity index (χ0n) is 9.14. The Balaban J connectivity index is 0.00000289. The summed E-state index contributed by atoms with van der Waals surface area (Å²) in [4.78, 5) is 0. The Morgan fingerprint density at radius 2 is 0.778 bits per heavy atom. The van der Waals surface area contributed by atoms with E-state index in [9.17, 15) is 5.11 Å². The molecular weight excluding hydrogens is 241 g/mol. The van der Waals surface area contributed by atoms with Crippen molar-refractivity contribution >= 4 is 0 Å². The molecule has 76 valence electrons. The fraction of sp³-hybridized carbons (Fsp3) is 0. The minimum atomic E-state index is -0.998. The fourth-order valence-electron chi connectivity index (χ4n) is 1.28. The smallest absolute Gasteiger partial charge is 0.871 e. The third kappa shape index (κ3) is 2.11. The molecule has 0 amide bonds. The predicted octanol–water partition coefficient (Wildman–Crippen LogP) is -2.88. The molecule has 0 atom stereocenters. The molecule has 0 radical (unpaired) electrons. The van der Waals surface area contributed by atoms with Crippen LogP contribution in [0, 0.1) is 56.7 Å². The second-order valence-electron chi connectivity index (χ2n) is 2.76. The molecule has 0 aliphatic rings. The van der Waals surface area contributed by atoms with Crippen LogP contribution in [-0.2, 0) is 0 Å². The summed E-state index contributed by atoms with van der Waals surface area (Å²) in [6.45, 7) is 0. The molecule has 1 aromatic carbocycles. The van der Waals surface area contributed by atoms with Crippen molar-refractivity contribution < 1.29 is 34.7 Å². The van der Waals surface area contributed by atoms with Gasteiger partial charge in [-0.2, -0.15) is 26.3 Å². The summed E-state index contributed by atoms with van der Waals surface area (Å²) in [5.41, 5.74) is -2.51. The third-order valence-electron chi connectivity index (χ3n) is 2.01. The second kappa shape index (κ2) is 6.27. The molecule has 0 aromatic heterocycles. The van der Waals surface area contributed by atoms with Crippen LogP contribution in [0.1, 0.15) is 27.8 Å². The first-order chi connectivity index (χ1) is 8.15. The van der Waals surface area contributed by atoms with Gasteiger partial charge in [-0.1, -0.05) is 5.75 Å². The normalized spacial score (nSPS) is 7.50. The molecule has 0 saturated carbocycles. The summed E-state index contributed by atoms with van der Waals surface area (Å²) in [5.74, 6) is -0.998.